The summed E-state index contributed by atoms with van der Waals surface area (Å²) in [6.45, 7) is 3.87. The maximum atomic E-state index is 10.9. The van der Waals surface area contributed by atoms with Crippen LogP contribution >= 0.6 is 11.8 Å². The van der Waals surface area contributed by atoms with Gasteiger partial charge in [-0.25, -0.2) is 9.67 Å². The van der Waals surface area contributed by atoms with Crippen molar-refractivity contribution in [2.24, 2.45) is 0 Å². The van der Waals surface area contributed by atoms with Gasteiger partial charge in [-0.1, -0.05) is 23.9 Å². The van der Waals surface area contributed by atoms with Gasteiger partial charge in [0.1, 0.15) is 5.52 Å². The van der Waals surface area contributed by atoms with Gasteiger partial charge in [0.15, 0.2) is 5.16 Å². The summed E-state index contributed by atoms with van der Waals surface area (Å²) in [6.07, 6.45) is 1.62. The van der Waals surface area contributed by atoms with Gasteiger partial charge in [-0.15, -0.1) is 5.10 Å². The van der Waals surface area contributed by atoms with Crippen molar-refractivity contribution in [2.45, 2.75) is 24.8 Å². The molecule has 9 nitrogen and oxygen atoms in total. The van der Waals surface area contributed by atoms with E-state index in [-0.39, 0.29) is 5.69 Å². The second-order valence-corrected chi connectivity index (χ2v) is 6.99. The van der Waals surface area contributed by atoms with Crippen LogP contribution in [0.4, 0.5) is 5.69 Å². The number of hydrogen-bond donors (Lipinski definition) is 1. The number of aromatic nitrogens is 6. The van der Waals surface area contributed by atoms with E-state index >= 15 is 0 Å². The van der Waals surface area contributed by atoms with Gasteiger partial charge in [0.25, 0.3) is 5.69 Å². The molecule has 1 N–H and O–H groups in total. The third-order valence-corrected chi connectivity index (χ3v) is 4.91. The molecule has 0 aliphatic carbocycles. The van der Waals surface area contributed by atoms with Crippen LogP contribution in [0.2, 0.25) is 0 Å². The number of hydrogen-bond acceptors (Lipinski definition) is 7. The molecule has 4 aromatic rings. The Hall–Kier alpha value is -3.27. The number of nitro groups is 1. The Balaban J connectivity index is 1.63. The average molecular weight is 381 g/mol. The van der Waals surface area contributed by atoms with E-state index < -0.39 is 4.92 Å². The Morgan fingerprint density at radius 1 is 1.30 bits per heavy atom. The van der Waals surface area contributed by atoms with Crippen LogP contribution in [0.1, 0.15) is 17.0 Å². The summed E-state index contributed by atoms with van der Waals surface area (Å²) in [7, 11) is 0. The zero-order valence-electron chi connectivity index (χ0n) is 14.6. The third-order valence-electron chi connectivity index (χ3n) is 3.97. The number of nitrogens with zero attached hydrogens (tertiary/aromatic N) is 6. The maximum Gasteiger partial charge on any atom is 0.269 e. The van der Waals surface area contributed by atoms with Crippen molar-refractivity contribution in [3.8, 4) is 5.82 Å². The predicted molar refractivity (Wildman–Crippen MR) is 101 cm³/mol. The Morgan fingerprint density at radius 2 is 2.15 bits per heavy atom. The highest BCUT2D eigenvalue weighted by Crippen LogP contribution is 2.26. The molecule has 3 heterocycles. The molecule has 27 heavy (non-hydrogen) atoms. The molecule has 0 aliphatic heterocycles. The summed E-state index contributed by atoms with van der Waals surface area (Å²) in [6, 6.07) is 8.55. The minimum Gasteiger partial charge on any atom is -0.331 e. The van der Waals surface area contributed by atoms with Gasteiger partial charge in [0, 0.05) is 23.6 Å². The predicted octanol–water partition coefficient (Wildman–Crippen LogP) is 3.36. The van der Waals surface area contributed by atoms with Crippen molar-refractivity contribution in [1.82, 2.24) is 29.9 Å². The molecule has 0 atom stereocenters. The number of aryl methyl sites for hydroxylation is 2. The smallest absolute Gasteiger partial charge is 0.269 e. The first-order chi connectivity index (χ1) is 13.0. The number of benzene rings is 1. The molecule has 0 radical (unpaired) electrons. The standard InChI is InChI=1S/C17H15N7O2S/c1-10-6-11(2)23(22-10)16-15-14(8-18-21-16)19-17(20-15)27-9-12-4-3-5-13(7-12)24(25)26/h3-8H,9H2,1-2H3,(H,19,20). The van der Waals surface area contributed by atoms with Crippen LogP contribution < -0.4 is 0 Å². The normalized spacial score (nSPS) is 11.2. The molecule has 0 aliphatic rings. The average Bonchev–Trinajstić information content (AvgIpc) is 3.22. The van der Waals surface area contributed by atoms with E-state index in [1.807, 2.05) is 26.0 Å². The molecule has 10 heteroatoms. The fourth-order valence-electron chi connectivity index (χ4n) is 2.78. The highest BCUT2D eigenvalue weighted by atomic mass is 32.2. The number of aromatic amines is 1. The highest BCUT2D eigenvalue weighted by molar-refractivity contribution is 7.98. The Morgan fingerprint density at radius 3 is 2.89 bits per heavy atom. The van der Waals surface area contributed by atoms with Crippen LogP contribution in [0.5, 0.6) is 0 Å². The molecule has 4 rings (SSSR count). The van der Waals surface area contributed by atoms with Gasteiger partial charge in [-0.05, 0) is 25.5 Å². The summed E-state index contributed by atoms with van der Waals surface area (Å²) < 4.78 is 1.72. The lowest BCUT2D eigenvalue weighted by Crippen LogP contribution is -2.04. The number of non-ortho nitro benzene ring substituents is 1. The van der Waals surface area contributed by atoms with E-state index in [0.29, 0.717) is 22.2 Å². The van der Waals surface area contributed by atoms with Gasteiger partial charge >= 0.3 is 0 Å². The van der Waals surface area contributed by atoms with Crippen molar-refractivity contribution in [3.05, 3.63) is 63.6 Å². The molecule has 0 fully saturated rings. The molecular weight excluding hydrogens is 366 g/mol. The number of thioether (sulfide) groups is 1. The van der Waals surface area contributed by atoms with Crippen molar-refractivity contribution in [2.75, 3.05) is 0 Å². The minimum atomic E-state index is -0.395. The molecule has 0 saturated heterocycles. The lowest BCUT2D eigenvalue weighted by atomic mass is 10.2. The summed E-state index contributed by atoms with van der Waals surface area (Å²) in [4.78, 5) is 18.3. The van der Waals surface area contributed by atoms with Crippen LogP contribution in [-0.4, -0.2) is 34.9 Å². The maximum absolute atomic E-state index is 10.9. The number of imidazole rings is 1. The molecular formula is C17H15N7O2S. The Labute approximate surface area is 158 Å². The Kier molecular flexibility index (Phi) is 4.32. The molecule has 0 spiro atoms. The minimum absolute atomic E-state index is 0.0814. The van der Waals surface area contributed by atoms with Crippen molar-refractivity contribution >= 4 is 28.5 Å². The van der Waals surface area contributed by atoms with Crippen molar-refractivity contribution in [3.63, 3.8) is 0 Å². The lowest BCUT2D eigenvalue weighted by molar-refractivity contribution is -0.384. The Bertz CT molecular complexity index is 1150. The topological polar surface area (TPSA) is 115 Å². The molecule has 3 aromatic heterocycles. The summed E-state index contributed by atoms with van der Waals surface area (Å²) in [5, 5.41) is 24.3. The number of rotatable bonds is 5. The molecule has 0 bridgehead atoms. The first kappa shape index (κ1) is 17.2. The van der Waals surface area contributed by atoms with E-state index in [2.05, 4.69) is 25.3 Å². The van der Waals surface area contributed by atoms with Gasteiger partial charge in [0.05, 0.1) is 22.3 Å². The van der Waals surface area contributed by atoms with Crippen molar-refractivity contribution in [1.29, 1.82) is 0 Å². The van der Waals surface area contributed by atoms with Gasteiger partial charge in [-0.3, -0.25) is 10.1 Å². The second-order valence-electron chi connectivity index (χ2n) is 6.03. The van der Waals surface area contributed by atoms with E-state index in [0.717, 1.165) is 22.5 Å². The van der Waals surface area contributed by atoms with E-state index in [4.69, 9.17) is 0 Å². The number of fused-ring (bicyclic) bond motifs is 1. The highest BCUT2D eigenvalue weighted by Gasteiger charge is 2.15. The summed E-state index contributed by atoms with van der Waals surface area (Å²) >= 11 is 1.46. The lowest BCUT2D eigenvalue weighted by Gasteiger charge is -2.02. The van der Waals surface area contributed by atoms with Crippen LogP contribution in [0, 0.1) is 24.0 Å². The first-order valence-corrected chi connectivity index (χ1v) is 9.11. The van der Waals surface area contributed by atoms with Crippen LogP contribution in [-0.2, 0) is 5.75 Å². The zero-order chi connectivity index (χ0) is 19.0. The van der Waals surface area contributed by atoms with E-state index in [1.54, 1.807) is 23.0 Å². The molecule has 0 unspecified atom stereocenters. The number of nitrogens with one attached hydrogen (secondary N) is 1. The monoisotopic (exact) mass is 381 g/mol. The quantitative estimate of drug-likeness (QED) is 0.320. The fraction of sp³-hybridized carbons (Fsp3) is 0.176. The van der Waals surface area contributed by atoms with Crippen LogP contribution in [0.25, 0.3) is 16.9 Å². The van der Waals surface area contributed by atoms with Gasteiger partial charge in [-0.2, -0.15) is 10.2 Å². The van der Waals surface area contributed by atoms with E-state index in [9.17, 15) is 10.1 Å². The molecule has 0 amide bonds. The van der Waals surface area contributed by atoms with E-state index in [1.165, 1.54) is 17.8 Å². The van der Waals surface area contributed by atoms with Crippen LogP contribution in [0.15, 0.2) is 41.7 Å². The molecule has 0 saturated carbocycles. The third kappa shape index (κ3) is 3.38. The molecule has 1 aromatic carbocycles. The second kappa shape index (κ2) is 6.80. The number of nitro benzene ring substituents is 1. The molecule has 136 valence electrons. The largest absolute Gasteiger partial charge is 0.331 e. The van der Waals surface area contributed by atoms with Gasteiger partial charge < -0.3 is 4.98 Å². The SMILES string of the molecule is Cc1cc(C)n(-c2nncc3[nH]c(SCc4cccc([N+](=O)[O-])c4)nc23)n1. The summed E-state index contributed by atoms with van der Waals surface area (Å²) in [5.41, 5.74) is 4.21. The fourth-order valence-corrected chi connectivity index (χ4v) is 3.60. The first-order valence-electron chi connectivity index (χ1n) is 8.12. The zero-order valence-corrected chi connectivity index (χ0v) is 15.4. The van der Waals surface area contributed by atoms with Crippen molar-refractivity contribution < 1.29 is 4.92 Å². The van der Waals surface area contributed by atoms with Gasteiger partial charge in [0.2, 0.25) is 5.82 Å². The number of H-pyrrole nitrogens is 1. The summed E-state index contributed by atoms with van der Waals surface area (Å²) in [5.74, 6) is 1.12. The van der Waals surface area contributed by atoms with Crippen LogP contribution in [0.3, 0.4) is 0 Å².